The molecule has 1 N–H and O–H groups in total. The first-order chi connectivity index (χ1) is 19.2. The first kappa shape index (κ1) is 32.4. The molecule has 0 radical (unpaired) electrons. The van der Waals surface area contributed by atoms with E-state index < -0.39 is 21.6 Å². The molecule has 0 aliphatic heterocycles. The van der Waals surface area contributed by atoms with Crippen molar-refractivity contribution >= 4 is 50.7 Å². The van der Waals surface area contributed by atoms with Crippen molar-refractivity contribution in [1.82, 2.24) is 10.2 Å². The maximum Gasteiger partial charge on any atom is 0.243 e. The number of carbonyl (C=O) groups is 2. The fourth-order valence-corrected chi connectivity index (χ4v) is 5.75. The Balaban J connectivity index is 1.90. The van der Waals surface area contributed by atoms with Crippen LogP contribution in [0.25, 0.3) is 0 Å². The number of halogens is 2. The molecule has 41 heavy (non-hydrogen) atoms. The summed E-state index contributed by atoms with van der Waals surface area (Å²) in [6, 6.07) is 22.4. The number of carbonyl (C=O) groups excluding carboxylic acids is 2. The van der Waals surface area contributed by atoms with Crippen molar-refractivity contribution < 1.29 is 18.0 Å². The molecular formula is C31H37Cl2N3O4S. The van der Waals surface area contributed by atoms with E-state index >= 15 is 0 Å². The summed E-state index contributed by atoms with van der Waals surface area (Å²) in [6.45, 7) is 5.94. The lowest BCUT2D eigenvalue weighted by Crippen LogP contribution is -2.54. The highest BCUT2D eigenvalue weighted by atomic mass is 35.5. The minimum Gasteiger partial charge on any atom is -0.350 e. The van der Waals surface area contributed by atoms with Crippen LogP contribution in [0.15, 0.2) is 78.9 Å². The largest absolute Gasteiger partial charge is 0.350 e. The summed E-state index contributed by atoms with van der Waals surface area (Å²) in [6.07, 6.45) is 1.73. The van der Waals surface area contributed by atoms with Gasteiger partial charge in [-0.25, -0.2) is 8.42 Å². The van der Waals surface area contributed by atoms with Gasteiger partial charge in [0, 0.05) is 41.5 Å². The fraction of sp³-hybridized carbons (Fsp3) is 0.355. The van der Waals surface area contributed by atoms with Crippen LogP contribution in [-0.4, -0.2) is 49.5 Å². The minimum atomic E-state index is -3.61. The van der Waals surface area contributed by atoms with Crippen molar-refractivity contribution in [1.29, 1.82) is 0 Å². The summed E-state index contributed by atoms with van der Waals surface area (Å²) in [7, 11) is -3.61. The Kier molecular flexibility index (Phi) is 11.2. The van der Waals surface area contributed by atoms with Gasteiger partial charge >= 0.3 is 0 Å². The first-order valence-corrected chi connectivity index (χ1v) is 16.0. The van der Waals surface area contributed by atoms with E-state index in [0.29, 0.717) is 22.2 Å². The van der Waals surface area contributed by atoms with Crippen molar-refractivity contribution in [2.45, 2.75) is 58.2 Å². The maximum absolute atomic E-state index is 13.9. The zero-order chi connectivity index (χ0) is 30.2. The summed E-state index contributed by atoms with van der Waals surface area (Å²) >= 11 is 12.2. The minimum absolute atomic E-state index is 0.0360. The Morgan fingerprint density at radius 2 is 1.51 bits per heavy atom. The second-order valence-corrected chi connectivity index (χ2v) is 13.8. The number of anilines is 1. The van der Waals surface area contributed by atoms with Gasteiger partial charge in [0.05, 0.1) is 11.9 Å². The van der Waals surface area contributed by atoms with E-state index in [1.165, 1.54) is 4.31 Å². The van der Waals surface area contributed by atoms with E-state index in [9.17, 15) is 18.0 Å². The molecule has 0 bridgehead atoms. The third-order valence-corrected chi connectivity index (χ3v) is 7.96. The van der Waals surface area contributed by atoms with E-state index in [2.05, 4.69) is 5.32 Å². The molecule has 0 aliphatic carbocycles. The van der Waals surface area contributed by atoms with Gasteiger partial charge in [-0.15, -0.1) is 0 Å². The van der Waals surface area contributed by atoms with Crippen molar-refractivity contribution in [3.05, 3.63) is 100 Å². The fourth-order valence-electron chi connectivity index (χ4n) is 4.45. The van der Waals surface area contributed by atoms with Crippen LogP contribution in [0.1, 0.15) is 44.7 Å². The molecule has 220 valence electrons. The normalized spacial score (nSPS) is 12.4. The molecule has 3 aromatic rings. The Morgan fingerprint density at radius 1 is 0.878 bits per heavy atom. The monoisotopic (exact) mass is 617 g/mol. The van der Waals surface area contributed by atoms with Gasteiger partial charge in [0.15, 0.2) is 0 Å². The predicted molar refractivity (Wildman–Crippen MR) is 167 cm³/mol. The SMILES string of the molecule is CC(C)(C)NC(=O)[C@@H](Cc1ccccc1)N(Cc1cccc(Cl)c1)C(=O)CCCN(c1ccc(Cl)cc1)S(C)(=O)=O. The summed E-state index contributed by atoms with van der Waals surface area (Å²) in [5.41, 5.74) is 1.65. The molecule has 0 saturated heterocycles. The van der Waals surface area contributed by atoms with E-state index in [1.807, 2.05) is 57.2 Å². The average Bonchev–Trinajstić information content (AvgIpc) is 2.88. The summed E-state index contributed by atoms with van der Waals surface area (Å²) in [5, 5.41) is 4.06. The predicted octanol–water partition coefficient (Wildman–Crippen LogP) is 6.09. The molecule has 3 rings (SSSR count). The van der Waals surface area contributed by atoms with E-state index in [4.69, 9.17) is 23.2 Å². The molecule has 2 amide bonds. The summed E-state index contributed by atoms with van der Waals surface area (Å²) in [4.78, 5) is 29.1. The van der Waals surface area contributed by atoms with Crippen LogP contribution in [0.4, 0.5) is 5.69 Å². The Labute approximate surface area is 253 Å². The van der Waals surface area contributed by atoms with E-state index in [0.717, 1.165) is 17.4 Å². The van der Waals surface area contributed by atoms with Crippen LogP contribution >= 0.6 is 23.2 Å². The van der Waals surface area contributed by atoms with Gasteiger partial charge in [-0.05, 0) is 74.7 Å². The van der Waals surface area contributed by atoms with Crippen LogP contribution in [0.2, 0.25) is 10.0 Å². The van der Waals surface area contributed by atoms with Crippen molar-refractivity contribution in [2.24, 2.45) is 0 Å². The van der Waals surface area contributed by atoms with Gasteiger partial charge in [-0.2, -0.15) is 0 Å². The van der Waals surface area contributed by atoms with E-state index in [-0.39, 0.29) is 37.7 Å². The van der Waals surface area contributed by atoms with Gasteiger partial charge in [0.25, 0.3) is 0 Å². The molecule has 7 nitrogen and oxygen atoms in total. The zero-order valence-corrected chi connectivity index (χ0v) is 26.1. The molecule has 3 aromatic carbocycles. The van der Waals surface area contributed by atoms with Crippen molar-refractivity contribution in [2.75, 3.05) is 17.1 Å². The lowest BCUT2D eigenvalue weighted by molar-refractivity contribution is -0.142. The Morgan fingerprint density at radius 3 is 2.10 bits per heavy atom. The summed E-state index contributed by atoms with van der Waals surface area (Å²) < 4.78 is 26.4. The topological polar surface area (TPSA) is 86.8 Å². The van der Waals surface area contributed by atoms with Crippen LogP contribution < -0.4 is 9.62 Å². The van der Waals surface area contributed by atoms with Crippen molar-refractivity contribution in [3.8, 4) is 0 Å². The summed E-state index contributed by atoms with van der Waals surface area (Å²) in [5.74, 6) is -0.532. The van der Waals surface area contributed by atoms with Crippen LogP contribution in [0.5, 0.6) is 0 Å². The molecule has 0 aromatic heterocycles. The lowest BCUT2D eigenvalue weighted by Gasteiger charge is -2.34. The molecule has 10 heteroatoms. The number of amides is 2. The van der Waals surface area contributed by atoms with Crippen LogP contribution in [0, 0.1) is 0 Å². The number of nitrogens with zero attached hydrogens (tertiary/aromatic N) is 2. The molecule has 0 aliphatic rings. The highest BCUT2D eigenvalue weighted by Gasteiger charge is 2.32. The number of nitrogens with one attached hydrogen (secondary N) is 1. The molecule has 1 atom stereocenters. The van der Waals surface area contributed by atoms with Crippen LogP contribution in [0.3, 0.4) is 0 Å². The lowest BCUT2D eigenvalue weighted by atomic mass is 10.00. The van der Waals surface area contributed by atoms with E-state index in [1.54, 1.807) is 47.4 Å². The van der Waals surface area contributed by atoms with Gasteiger partial charge in [0.2, 0.25) is 21.8 Å². The second kappa shape index (κ2) is 14.2. The second-order valence-electron chi connectivity index (χ2n) is 11.0. The molecule has 0 fully saturated rings. The zero-order valence-electron chi connectivity index (χ0n) is 23.8. The first-order valence-electron chi connectivity index (χ1n) is 13.4. The van der Waals surface area contributed by atoms with Crippen molar-refractivity contribution in [3.63, 3.8) is 0 Å². The number of hydrogen-bond donors (Lipinski definition) is 1. The highest BCUT2D eigenvalue weighted by molar-refractivity contribution is 7.92. The Bertz CT molecular complexity index is 1430. The Hall–Kier alpha value is -3.07. The maximum atomic E-state index is 13.9. The van der Waals surface area contributed by atoms with Gasteiger partial charge in [-0.3, -0.25) is 13.9 Å². The van der Waals surface area contributed by atoms with Crippen LogP contribution in [-0.2, 0) is 32.6 Å². The molecule has 0 spiro atoms. The van der Waals surface area contributed by atoms with Gasteiger partial charge in [0.1, 0.15) is 6.04 Å². The standard InChI is InChI=1S/C31H37Cl2N3O4S/c1-31(2,3)34-30(38)28(21-23-10-6-5-7-11-23)35(22-24-12-8-13-26(33)20-24)29(37)14-9-19-36(41(4,39)40)27-17-15-25(32)16-18-27/h5-8,10-13,15-18,20,28H,9,14,19,21-22H2,1-4H3,(H,34,38)/t28-/m1/s1. The third kappa shape index (κ3) is 10.4. The number of hydrogen-bond acceptors (Lipinski definition) is 4. The number of benzene rings is 3. The molecule has 0 unspecified atom stereocenters. The smallest absolute Gasteiger partial charge is 0.243 e. The number of rotatable bonds is 12. The third-order valence-electron chi connectivity index (χ3n) is 6.28. The average molecular weight is 619 g/mol. The van der Waals surface area contributed by atoms with Gasteiger partial charge in [-0.1, -0.05) is 65.7 Å². The molecular weight excluding hydrogens is 581 g/mol. The van der Waals surface area contributed by atoms with Gasteiger partial charge < -0.3 is 10.2 Å². The quantitative estimate of drug-likeness (QED) is 0.266. The molecule has 0 heterocycles. The highest BCUT2D eigenvalue weighted by Crippen LogP contribution is 2.23. The number of sulfonamides is 1. The molecule has 0 saturated carbocycles.